The van der Waals surface area contributed by atoms with E-state index in [1.54, 1.807) is 18.5 Å². The zero-order chi connectivity index (χ0) is 13.2. The van der Waals surface area contributed by atoms with Crippen molar-refractivity contribution in [3.63, 3.8) is 0 Å². The summed E-state index contributed by atoms with van der Waals surface area (Å²) in [6, 6.07) is 1.74. The standard InChI is InChI=1S/C15H26N2O/c1-2-3-4-5-6-7-8-9-15(18)13-12-17-11-10-14(13)16/h10-12,15,18H,2-9H2,1H3,(H2,16,17). The van der Waals surface area contributed by atoms with E-state index >= 15 is 0 Å². The molecular formula is C15H26N2O. The van der Waals surface area contributed by atoms with Crippen LogP contribution < -0.4 is 5.73 Å². The van der Waals surface area contributed by atoms with Crippen molar-refractivity contribution in [2.75, 3.05) is 5.73 Å². The van der Waals surface area contributed by atoms with Gasteiger partial charge >= 0.3 is 0 Å². The molecule has 1 aromatic rings. The van der Waals surface area contributed by atoms with Gasteiger partial charge < -0.3 is 10.8 Å². The minimum absolute atomic E-state index is 0.464. The Morgan fingerprint density at radius 3 is 2.50 bits per heavy atom. The van der Waals surface area contributed by atoms with Crippen LogP contribution in [0.1, 0.15) is 70.0 Å². The van der Waals surface area contributed by atoms with E-state index in [9.17, 15) is 5.11 Å². The molecule has 0 saturated carbocycles. The topological polar surface area (TPSA) is 59.1 Å². The molecule has 0 amide bonds. The van der Waals surface area contributed by atoms with E-state index in [1.165, 1.54) is 38.5 Å². The van der Waals surface area contributed by atoms with Crippen molar-refractivity contribution in [3.8, 4) is 0 Å². The van der Waals surface area contributed by atoms with Crippen LogP contribution in [0, 0.1) is 0 Å². The predicted molar refractivity (Wildman–Crippen MR) is 76.2 cm³/mol. The molecule has 0 radical (unpaired) electrons. The van der Waals surface area contributed by atoms with Crippen molar-refractivity contribution < 1.29 is 5.11 Å². The normalized spacial score (nSPS) is 12.6. The Morgan fingerprint density at radius 1 is 1.17 bits per heavy atom. The third-order valence-corrected chi connectivity index (χ3v) is 3.33. The first-order valence-electron chi connectivity index (χ1n) is 7.13. The maximum atomic E-state index is 10.0. The van der Waals surface area contributed by atoms with E-state index < -0.39 is 6.10 Å². The number of nitrogen functional groups attached to an aromatic ring is 1. The molecule has 0 fully saturated rings. The van der Waals surface area contributed by atoms with Gasteiger partial charge in [0.2, 0.25) is 0 Å². The first-order valence-corrected chi connectivity index (χ1v) is 7.13. The Labute approximate surface area is 110 Å². The van der Waals surface area contributed by atoms with Crippen LogP contribution in [-0.4, -0.2) is 10.1 Å². The van der Waals surface area contributed by atoms with Crippen molar-refractivity contribution in [2.45, 2.75) is 64.4 Å². The smallest absolute Gasteiger partial charge is 0.0825 e. The van der Waals surface area contributed by atoms with Crippen molar-refractivity contribution >= 4 is 5.69 Å². The summed E-state index contributed by atoms with van der Waals surface area (Å²) in [5.74, 6) is 0. The number of nitrogens with two attached hydrogens (primary N) is 1. The lowest BCUT2D eigenvalue weighted by Crippen LogP contribution is -2.02. The van der Waals surface area contributed by atoms with Gasteiger partial charge in [0.25, 0.3) is 0 Å². The highest BCUT2D eigenvalue weighted by atomic mass is 16.3. The Hall–Kier alpha value is -1.09. The van der Waals surface area contributed by atoms with Crippen molar-refractivity contribution in [3.05, 3.63) is 24.0 Å². The van der Waals surface area contributed by atoms with Crippen LogP contribution in [-0.2, 0) is 0 Å². The molecule has 0 bridgehead atoms. The Morgan fingerprint density at radius 2 is 1.83 bits per heavy atom. The van der Waals surface area contributed by atoms with E-state index in [0.717, 1.165) is 18.4 Å². The average molecular weight is 250 g/mol. The lowest BCUT2D eigenvalue weighted by atomic mass is 10.0. The molecule has 0 saturated heterocycles. The predicted octanol–water partition coefficient (Wildman–Crippen LogP) is 3.84. The molecule has 102 valence electrons. The molecular weight excluding hydrogens is 224 g/mol. The number of anilines is 1. The van der Waals surface area contributed by atoms with Gasteiger partial charge in [-0.25, -0.2) is 0 Å². The maximum Gasteiger partial charge on any atom is 0.0825 e. The minimum atomic E-state index is -0.464. The summed E-state index contributed by atoms with van der Waals surface area (Å²) in [7, 11) is 0. The number of hydrogen-bond donors (Lipinski definition) is 2. The summed E-state index contributed by atoms with van der Waals surface area (Å²) in [6.45, 7) is 2.23. The number of unbranched alkanes of at least 4 members (excludes halogenated alkanes) is 6. The number of aliphatic hydroxyl groups is 1. The van der Waals surface area contributed by atoms with Gasteiger partial charge in [-0.1, -0.05) is 51.9 Å². The maximum absolute atomic E-state index is 10.0. The molecule has 0 aliphatic rings. The second-order valence-electron chi connectivity index (χ2n) is 4.93. The van der Waals surface area contributed by atoms with E-state index in [1.807, 2.05) is 0 Å². The number of rotatable bonds is 9. The van der Waals surface area contributed by atoms with Gasteiger partial charge in [-0.05, 0) is 12.5 Å². The third-order valence-electron chi connectivity index (χ3n) is 3.33. The summed E-state index contributed by atoms with van der Waals surface area (Å²) in [5.41, 5.74) is 7.21. The molecule has 1 unspecified atom stereocenters. The Bertz CT molecular complexity index is 328. The van der Waals surface area contributed by atoms with Gasteiger partial charge in [0, 0.05) is 23.6 Å². The molecule has 1 atom stereocenters. The number of aliphatic hydroxyl groups excluding tert-OH is 1. The summed E-state index contributed by atoms with van der Waals surface area (Å²) >= 11 is 0. The fourth-order valence-electron chi connectivity index (χ4n) is 2.15. The second-order valence-corrected chi connectivity index (χ2v) is 4.93. The SMILES string of the molecule is CCCCCCCCCC(O)c1cnccc1N. The average Bonchev–Trinajstić information content (AvgIpc) is 2.38. The monoisotopic (exact) mass is 250 g/mol. The van der Waals surface area contributed by atoms with Crippen LogP contribution in [0.25, 0.3) is 0 Å². The quantitative estimate of drug-likeness (QED) is 0.655. The number of aromatic nitrogens is 1. The first kappa shape index (κ1) is 15.0. The van der Waals surface area contributed by atoms with Crippen LogP contribution in [0.2, 0.25) is 0 Å². The zero-order valence-electron chi connectivity index (χ0n) is 11.4. The van der Waals surface area contributed by atoms with E-state index in [4.69, 9.17) is 5.73 Å². The van der Waals surface area contributed by atoms with Crippen molar-refractivity contribution in [2.24, 2.45) is 0 Å². The molecule has 3 N–H and O–H groups in total. The van der Waals surface area contributed by atoms with Crippen LogP contribution in [0.15, 0.2) is 18.5 Å². The van der Waals surface area contributed by atoms with Gasteiger partial charge in [0.1, 0.15) is 0 Å². The molecule has 0 aliphatic carbocycles. The highest BCUT2D eigenvalue weighted by Gasteiger charge is 2.10. The van der Waals surface area contributed by atoms with Crippen molar-refractivity contribution in [1.82, 2.24) is 4.98 Å². The molecule has 3 nitrogen and oxygen atoms in total. The fourth-order valence-corrected chi connectivity index (χ4v) is 2.15. The zero-order valence-corrected chi connectivity index (χ0v) is 11.4. The molecule has 1 rings (SSSR count). The molecule has 1 aromatic heterocycles. The first-order chi connectivity index (χ1) is 8.75. The molecule has 1 heterocycles. The van der Waals surface area contributed by atoms with Crippen LogP contribution in [0.5, 0.6) is 0 Å². The third kappa shape index (κ3) is 5.50. The lowest BCUT2D eigenvalue weighted by molar-refractivity contribution is 0.163. The molecule has 0 aromatic carbocycles. The fraction of sp³-hybridized carbons (Fsp3) is 0.667. The Balaban J connectivity index is 2.14. The molecule has 0 spiro atoms. The number of hydrogen-bond acceptors (Lipinski definition) is 3. The highest BCUT2D eigenvalue weighted by Crippen LogP contribution is 2.24. The van der Waals surface area contributed by atoms with E-state index in [0.29, 0.717) is 5.69 Å². The van der Waals surface area contributed by atoms with Gasteiger partial charge in [0.15, 0.2) is 0 Å². The van der Waals surface area contributed by atoms with E-state index in [2.05, 4.69) is 11.9 Å². The van der Waals surface area contributed by atoms with Gasteiger partial charge in [-0.2, -0.15) is 0 Å². The second kappa shape index (κ2) is 8.92. The van der Waals surface area contributed by atoms with Crippen LogP contribution >= 0.6 is 0 Å². The molecule has 18 heavy (non-hydrogen) atoms. The molecule has 0 aliphatic heterocycles. The van der Waals surface area contributed by atoms with E-state index in [-0.39, 0.29) is 0 Å². The minimum Gasteiger partial charge on any atom is -0.398 e. The number of pyridine rings is 1. The lowest BCUT2D eigenvalue weighted by Gasteiger charge is -2.12. The van der Waals surface area contributed by atoms with Crippen LogP contribution in [0.4, 0.5) is 5.69 Å². The summed E-state index contributed by atoms with van der Waals surface area (Å²) < 4.78 is 0. The molecule has 3 heteroatoms. The summed E-state index contributed by atoms with van der Waals surface area (Å²) in [6.07, 6.45) is 12.5. The van der Waals surface area contributed by atoms with Crippen LogP contribution in [0.3, 0.4) is 0 Å². The van der Waals surface area contributed by atoms with Crippen molar-refractivity contribution in [1.29, 1.82) is 0 Å². The highest BCUT2D eigenvalue weighted by molar-refractivity contribution is 5.45. The summed E-state index contributed by atoms with van der Waals surface area (Å²) in [5, 5.41) is 10.0. The number of nitrogens with zero attached hydrogens (tertiary/aromatic N) is 1. The van der Waals surface area contributed by atoms with Gasteiger partial charge in [-0.3, -0.25) is 4.98 Å². The van der Waals surface area contributed by atoms with Gasteiger partial charge in [-0.15, -0.1) is 0 Å². The van der Waals surface area contributed by atoms with Gasteiger partial charge in [0.05, 0.1) is 6.10 Å². The Kier molecular flexibility index (Phi) is 7.42. The summed E-state index contributed by atoms with van der Waals surface area (Å²) in [4.78, 5) is 4.00. The largest absolute Gasteiger partial charge is 0.398 e.